The standard InChI is InChI=1S/C21H20FN3O2/c22-17-9-7-16(8-10-17)21(11-3-4-12-21)24-19(26)14-25-20(27)18-6-2-1-5-15(18)13-23-25/h1-2,5-10,13H,3-4,11-12,14H2,(H,24,26). The van der Waals surface area contributed by atoms with E-state index in [1.165, 1.54) is 16.8 Å². The minimum absolute atomic E-state index is 0.146. The molecule has 6 heteroatoms. The lowest BCUT2D eigenvalue weighted by Gasteiger charge is -2.31. The topological polar surface area (TPSA) is 64.0 Å². The molecule has 1 aliphatic rings. The van der Waals surface area contributed by atoms with E-state index >= 15 is 0 Å². The summed E-state index contributed by atoms with van der Waals surface area (Å²) in [4.78, 5) is 25.3. The molecule has 1 amide bonds. The quantitative estimate of drug-likeness (QED) is 0.773. The number of carbonyl (C=O) groups is 1. The van der Waals surface area contributed by atoms with Crippen LogP contribution in [0.5, 0.6) is 0 Å². The van der Waals surface area contributed by atoms with Crippen molar-refractivity contribution in [3.8, 4) is 0 Å². The minimum Gasteiger partial charge on any atom is -0.345 e. The Labute approximate surface area is 155 Å². The zero-order valence-electron chi connectivity index (χ0n) is 14.8. The van der Waals surface area contributed by atoms with Gasteiger partial charge in [0.25, 0.3) is 5.56 Å². The molecule has 0 unspecified atom stereocenters. The smallest absolute Gasteiger partial charge is 0.275 e. The zero-order valence-corrected chi connectivity index (χ0v) is 14.8. The van der Waals surface area contributed by atoms with E-state index in [0.29, 0.717) is 5.39 Å². The summed E-state index contributed by atoms with van der Waals surface area (Å²) in [6, 6.07) is 13.4. The highest BCUT2D eigenvalue weighted by Crippen LogP contribution is 2.38. The van der Waals surface area contributed by atoms with Gasteiger partial charge in [-0.3, -0.25) is 9.59 Å². The maximum atomic E-state index is 13.3. The lowest BCUT2D eigenvalue weighted by atomic mass is 9.88. The van der Waals surface area contributed by atoms with Crippen molar-refractivity contribution in [2.45, 2.75) is 37.8 Å². The summed E-state index contributed by atoms with van der Waals surface area (Å²) in [6.07, 6.45) is 5.17. The molecule has 0 saturated heterocycles. The van der Waals surface area contributed by atoms with E-state index in [0.717, 1.165) is 36.6 Å². The van der Waals surface area contributed by atoms with Gasteiger partial charge in [0.15, 0.2) is 0 Å². The van der Waals surface area contributed by atoms with Crippen molar-refractivity contribution >= 4 is 16.7 Å². The van der Waals surface area contributed by atoms with E-state index < -0.39 is 5.54 Å². The first kappa shape index (κ1) is 17.4. The highest BCUT2D eigenvalue weighted by Gasteiger charge is 2.37. The number of nitrogens with zero attached hydrogens (tertiary/aromatic N) is 2. The molecule has 5 nitrogen and oxygen atoms in total. The second-order valence-corrected chi connectivity index (χ2v) is 7.04. The summed E-state index contributed by atoms with van der Waals surface area (Å²) in [5, 5.41) is 8.50. The van der Waals surface area contributed by atoms with Gasteiger partial charge in [-0.25, -0.2) is 9.07 Å². The van der Waals surface area contributed by atoms with Gasteiger partial charge in [0.2, 0.25) is 5.91 Å². The Morgan fingerprint density at radius 3 is 2.56 bits per heavy atom. The number of aromatic nitrogens is 2. The third kappa shape index (κ3) is 3.35. The highest BCUT2D eigenvalue weighted by atomic mass is 19.1. The molecule has 2 aromatic carbocycles. The molecule has 0 spiro atoms. The molecule has 0 atom stereocenters. The van der Waals surface area contributed by atoms with Gasteiger partial charge in [0.1, 0.15) is 12.4 Å². The van der Waals surface area contributed by atoms with E-state index in [2.05, 4.69) is 10.4 Å². The fourth-order valence-corrected chi connectivity index (χ4v) is 3.92. The molecular formula is C21H20FN3O2. The van der Waals surface area contributed by atoms with Crippen molar-refractivity contribution in [1.29, 1.82) is 0 Å². The van der Waals surface area contributed by atoms with E-state index in [1.54, 1.807) is 30.5 Å². The summed E-state index contributed by atoms with van der Waals surface area (Å²) >= 11 is 0. The van der Waals surface area contributed by atoms with Gasteiger partial charge in [-0.2, -0.15) is 5.10 Å². The van der Waals surface area contributed by atoms with E-state index in [4.69, 9.17) is 0 Å². The van der Waals surface area contributed by atoms with Crippen LogP contribution < -0.4 is 10.9 Å². The molecule has 27 heavy (non-hydrogen) atoms. The number of benzene rings is 2. The third-order valence-electron chi connectivity index (χ3n) is 5.29. The molecule has 1 aliphatic carbocycles. The summed E-state index contributed by atoms with van der Waals surface area (Å²) in [7, 11) is 0. The first-order chi connectivity index (χ1) is 13.1. The first-order valence-electron chi connectivity index (χ1n) is 9.09. The van der Waals surface area contributed by atoms with Crippen molar-refractivity contribution < 1.29 is 9.18 Å². The van der Waals surface area contributed by atoms with Gasteiger partial charge in [0.05, 0.1) is 17.1 Å². The number of halogens is 1. The molecule has 1 saturated carbocycles. The largest absolute Gasteiger partial charge is 0.345 e. The van der Waals surface area contributed by atoms with Crippen LogP contribution in [0.4, 0.5) is 4.39 Å². The Morgan fingerprint density at radius 1 is 1.11 bits per heavy atom. The van der Waals surface area contributed by atoms with Crippen LogP contribution in [0, 0.1) is 5.82 Å². The number of rotatable bonds is 4. The number of hydrogen-bond donors (Lipinski definition) is 1. The van der Waals surface area contributed by atoms with Crippen molar-refractivity contribution in [3.63, 3.8) is 0 Å². The zero-order chi connectivity index (χ0) is 18.9. The maximum absolute atomic E-state index is 13.3. The Bertz CT molecular complexity index is 1040. The molecule has 3 aromatic rings. The summed E-state index contributed by atoms with van der Waals surface area (Å²) in [6.45, 7) is -0.146. The van der Waals surface area contributed by atoms with Crippen LogP contribution in [0.3, 0.4) is 0 Å². The summed E-state index contributed by atoms with van der Waals surface area (Å²) in [5.74, 6) is -0.573. The van der Waals surface area contributed by atoms with Crippen molar-refractivity contribution in [1.82, 2.24) is 15.1 Å². The lowest BCUT2D eigenvalue weighted by Crippen LogP contribution is -2.46. The molecule has 138 valence electrons. The Hall–Kier alpha value is -3.02. The molecular weight excluding hydrogens is 345 g/mol. The van der Waals surface area contributed by atoms with Crippen LogP contribution in [0.15, 0.2) is 59.5 Å². The van der Waals surface area contributed by atoms with E-state index in [9.17, 15) is 14.0 Å². The highest BCUT2D eigenvalue weighted by molar-refractivity contribution is 5.81. The van der Waals surface area contributed by atoms with Gasteiger partial charge in [0, 0.05) is 5.39 Å². The van der Waals surface area contributed by atoms with E-state index in [1.807, 2.05) is 12.1 Å². The molecule has 1 fully saturated rings. The van der Waals surface area contributed by atoms with Gasteiger partial charge >= 0.3 is 0 Å². The number of hydrogen-bond acceptors (Lipinski definition) is 3. The predicted octanol–water partition coefficient (Wildman–Crippen LogP) is 3.12. The van der Waals surface area contributed by atoms with Crippen molar-refractivity contribution in [2.24, 2.45) is 0 Å². The van der Waals surface area contributed by atoms with Crippen LogP contribution in [-0.2, 0) is 16.9 Å². The molecule has 0 aliphatic heterocycles. The van der Waals surface area contributed by atoms with E-state index in [-0.39, 0.29) is 23.8 Å². The predicted molar refractivity (Wildman–Crippen MR) is 101 cm³/mol. The molecule has 1 N–H and O–H groups in total. The van der Waals surface area contributed by atoms with Crippen molar-refractivity contribution in [2.75, 3.05) is 0 Å². The minimum atomic E-state index is -0.509. The van der Waals surface area contributed by atoms with Gasteiger partial charge < -0.3 is 5.32 Å². The summed E-state index contributed by atoms with van der Waals surface area (Å²) in [5.41, 5.74) is 0.102. The maximum Gasteiger partial charge on any atom is 0.275 e. The monoisotopic (exact) mass is 365 g/mol. The van der Waals surface area contributed by atoms with Gasteiger partial charge in [-0.05, 0) is 36.6 Å². The number of fused-ring (bicyclic) bond motifs is 1. The fraction of sp³-hybridized carbons (Fsp3) is 0.286. The summed E-state index contributed by atoms with van der Waals surface area (Å²) < 4.78 is 14.5. The molecule has 1 heterocycles. The average Bonchev–Trinajstić information content (AvgIpc) is 3.14. The number of carbonyl (C=O) groups excluding carboxylic acids is 1. The second kappa shape index (κ2) is 6.95. The fourth-order valence-electron chi connectivity index (χ4n) is 3.92. The number of amides is 1. The van der Waals surface area contributed by atoms with Crippen LogP contribution in [0.2, 0.25) is 0 Å². The average molecular weight is 365 g/mol. The Morgan fingerprint density at radius 2 is 1.81 bits per heavy atom. The SMILES string of the molecule is O=C(Cn1ncc2ccccc2c1=O)NC1(c2ccc(F)cc2)CCCC1. The van der Waals surface area contributed by atoms with Crippen LogP contribution >= 0.6 is 0 Å². The molecule has 0 radical (unpaired) electrons. The van der Waals surface area contributed by atoms with Crippen LogP contribution in [0.25, 0.3) is 10.8 Å². The van der Waals surface area contributed by atoms with Gasteiger partial charge in [-0.1, -0.05) is 43.2 Å². The Balaban J connectivity index is 1.58. The second-order valence-electron chi connectivity index (χ2n) is 7.04. The van der Waals surface area contributed by atoms with Crippen LogP contribution in [-0.4, -0.2) is 15.7 Å². The number of nitrogens with one attached hydrogen (secondary N) is 1. The third-order valence-corrected chi connectivity index (χ3v) is 5.29. The van der Waals surface area contributed by atoms with Crippen LogP contribution in [0.1, 0.15) is 31.2 Å². The molecule has 0 bridgehead atoms. The Kier molecular flexibility index (Phi) is 4.48. The normalized spacial score (nSPS) is 15.7. The van der Waals surface area contributed by atoms with Gasteiger partial charge in [-0.15, -0.1) is 0 Å². The lowest BCUT2D eigenvalue weighted by molar-refractivity contribution is -0.124. The van der Waals surface area contributed by atoms with Crippen molar-refractivity contribution in [3.05, 3.63) is 76.5 Å². The molecule has 1 aromatic heterocycles. The molecule has 4 rings (SSSR count). The first-order valence-corrected chi connectivity index (χ1v) is 9.09.